The number of piperidine rings is 1. The van der Waals surface area contributed by atoms with Crippen molar-refractivity contribution >= 4 is 12.4 Å². The number of aryl methyl sites for hydroxylation is 1. The van der Waals surface area contributed by atoms with Gasteiger partial charge < -0.3 is 10.0 Å². The Morgan fingerprint density at radius 2 is 1.52 bits per heavy atom. The SMILES string of the molecule is Cc1ccc(C(O)(CN2CCCCC2)C(C)(C)C)cc1.Cl. The lowest BCUT2D eigenvalue weighted by Crippen LogP contribution is -2.50. The maximum Gasteiger partial charge on any atom is 0.107 e. The van der Waals surface area contributed by atoms with E-state index in [0.717, 1.165) is 25.2 Å². The molecular weight excluding hydrogens is 282 g/mol. The molecule has 1 heterocycles. The molecule has 0 spiro atoms. The van der Waals surface area contributed by atoms with E-state index in [1.165, 1.54) is 24.8 Å². The highest BCUT2D eigenvalue weighted by molar-refractivity contribution is 5.85. The summed E-state index contributed by atoms with van der Waals surface area (Å²) >= 11 is 0. The number of aliphatic hydroxyl groups is 1. The minimum absolute atomic E-state index is 0. The molecule has 2 nitrogen and oxygen atoms in total. The molecule has 0 aliphatic carbocycles. The fourth-order valence-corrected chi connectivity index (χ4v) is 3.03. The van der Waals surface area contributed by atoms with E-state index in [-0.39, 0.29) is 17.8 Å². The molecule has 1 aromatic carbocycles. The van der Waals surface area contributed by atoms with Gasteiger partial charge in [0.2, 0.25) is 0 Å². The average Bonchev–Trinajstić information content (AvgIpc) is 2.39. The summed E-state index contributed by atoms with van der Waals surface area (Å²) < 4.78 is 0. The number of hydrogen-bond donors (Lipinski definition) is 1. The van der Waals surface area contributed by atoms with Crippen LogP contribution in [0.2, 0.25) is 0 Å². The van der Waals surface area contributed by atoms with E-state index in [0.29, 0.717) is 0 Å². The predicted molar refractivity (Wildman–Crippen MR) is 92.1 cm³/mol. The first-order valence-electron chi connectivity index (χ1n) is 7.85. The van der Waals surface area contributed by atoms with Gasteiger partial charge in [-0.05, 0) is 43.8 Å². The van der Waals surface area contributed by atoms with E-state index in [9.17, 15) is 5.11 Å². The van der Waals surface area contributed by atoms with Crippen LogP contribution < -0.4 is 0 Å². The summed E-state index contributed by atoms with van der Waals surface area (Å²) in [5.74, 6) is 0. The standard InChI is InChI=1S/C18H29NO.ClH/c1-15-8-10-16(11-9-15)18(20,17(2,3)4)14-19-12-6-5-7-13-19;/h8-11,20H,5-7,12-14H2,1-4H3;1H. The van der Waals surface area contributed by atoms with Crippen molar-refractivity contribution < 1.29 is 5.11 Å². The molecule has 0 aromatic heterocycles. The molecule has 1 aliphatic rings. The molecule has 1 saturated heterocycles. The van der Waals surface area contributed by atoms with Crippen molar-refractivity contribution in [3.63, 3.8) is 0 Å². The van der Waals surface area contributed by atoms with Crippen LogP contribution in [0, 0.1) is 12.3 Å². The molecular formula is C18H30ClNO. The van der Waals surface area contributed by atoms with Gasteiger partial charge in [-0.3, -0.25) is 0 Å². The topological polar surface area (TPSA) is 23.5 Å². The number of halogens is 1. The quantitative estimate of drug-likeness (QED) is 0.907. The monoisotopic (exact) mass is 311 g/mol. The van der Waals surface area contributed by atoms with Crippen LogP contribution in [-0.2, 0) is 5.60 Å². The van der Waals surface area contributed by atoms with Crippen LogP contribution >= 0.6 is 12.4 Å². The summed E-state index contributed by atoms with van der Waals surface area (Å²) in [6.07, 6.45) is 3.84. The van der Waals surface area contributed by atoms with Crippen LogP contribution in [0.4, 0.5) is 0 Å². The van der Waals surface area contributed by atoms with Gasteiger partial charge in [-0.2, -0.15) is 0 Å². The van der Waals surface area contributed by atoms with Gasteiger partial charge in [-0.15, -0.1) is 12.4 Å². The third-order valence-corrected chi connectivity index (χ3v) is 4.67. The van der Waals surface area contributed by atoms with E-state index < -0.39 is 5.60 Å². The molecule has 3 heteroatoms. The van der Waals surface area contributed by atoms with Crippen molar-refractivity contribution in [2.45, 2.75) is 52.6 Å². The lowest BCUT2D eigenvalue weighted by atomic mass is 9.71. The van der Waals surface area contributed by atoms with Crippen molar-refractivity contribution in [1.29, 1.82) is 0 Å². The summed E-state index contributed by atoms with van der Waals surface area (Å²) in [6.45, 7) is 11.5. The van der Waals surface area contributed by atoms with Crippen LogP contribution in [0.15, 0.2) is 24.3 Å². The maximum absolute atomic E-state index is 11.4. The Morgan fingerprint density at radius 1 is 1.00 bits per heavy atom. The van der Waals surface area contributed by atoms with Crippen LogP contribution in [0.5, 0.6) is 0 Å². The molecule has 2 rings (SSSR count). The van der Waals surface area contributed by atoms with Crippen molar-refractivity contribution in [2.24, 2.45) is 5.41 Å². The van der Waals surface area contributed by atoms with Gasteiger partial charge in [0.1, 0.15) is 5.60 Å². The largest absolute Gasteiger partial charge is 0.383 e. The number of likely N-dealkylation sites (tertiary alicyclic amines) is 1. The second-order valence-corrected chi connectivity index (χ2v) is 7.31. The van der Waals surface area contributed by atoms with Crippen LogP contribution in [0.3, 0.4) is 0 Å². The van der Waals surface area contributed by atoms with Gasteiger partial charge >= 0.3 is 0 Å². The molecule has 0 radical (unpaired) electrons. The first kappa shape index (κ1) is 18.5. The number of hydrogen-bond acceptors (Lipinski definition) is 2. The Kier molecular flexibility index (Phi) is 6.27. The van der Waals surface area contributed by atoms with Gasteiger partial charge in [-0.25, -0.2) is 0 Å². The Balaban J connectivity index is 0.00000220. The lowest BCUT2D eigenvalue weighted by Gasteiger charge is -2.44. The van der Waals surface area contributed by atoms with Crippen molar-refractivity contribution in [2.75, 3.05) is 19.6 Å². The Labute approximate surface area is 136 Å². The summed E-state index contributed by atoms with van der Waals surface area (Å²) in [5, 5.41) is 11.4. The average molecular weight is 312 g/mol. The molecule has 0 bridgehead atoms. The highest BCUT2D eigenvalue weighted by atomic mass is 35.5. The molecule has 21 heavy (non-hydrogen) atoms. The first-order chi connectivity index (χ1) is 9.33. The Morgan fingerprint density at radius 3 is 2.00 bits per heavy atom. The van der Waals surface area contributed by atoms with E-state index >= 15 is 0 Å². The van der Waals surface area contributed by atoms with E-state index in [1.54, 1.807) is 0 Å². The number of β-amino-alcohol motifs (C(OH)–C–C–N with tert-alkyl or cyclic N) is 1. The lowest BCUT2D eigenvalue weighted by molar-refractivity contribution is -0.0893. The van der Waals surface area contributed by atoms with Crippen LogP contribution in [-0.4, -0.2) is 29.6 Å². The number of nitrogens with zero attached hydrogens (tertiary/aromatic N) is 1. The summed E-state index contributed by atoms with van der Waals surface area (Å²) in [7, 11) is 0. The fraction of sp³-hybridized carbons (Fsp3) is 0.667. The highest BCUT2D eigenvalue weighted by Gasteiger charge is 2.42. The number of rotatable bonds is 3. The second kappa shape index (κ2) is 7.13. The zero-order valence-corrected chi connectivity index (χ0v) is 14.7. The molecule has 120 valence electrons. The van der Waals surface area contributed by atoms with Crippen LogP contribution in [0.1, 0.15) is 51.2 Å². The fourth-order valence-electron chi connectivity index (χ4n) is 3.03. The minimum Gasteiger partial charge on any atom is -0.383 e. The molecule has 0 amide bonds. The molecule has 1 aliphatic heterocycles. The minimum atomic E-state index is -0.794. The van der Waals surface area contributed by atoms with Gasteiger partial charge in [0.05, 0.1) is 0 Å². The van der Waals surface area contributed by atoms with Gasteiger partial charge in [-0.1, -0.05) is 57.0 Å². The molecule has 1 unspecified atom stereocenters. The Hall–Kier alpha value is -0.570. The van der Waals surface area contributed by atoms with E-state index in [4.69, 9.17) is 0 Å². The zero-order valence-electron chi connectivity index (χ0n) is 13.9. The maximum atomic E-state index is 11.4. The number of benzene rings is 1. The molecule has 0 saturated carbocycles. The molecule has 1 N–H and O–H groups in total. The van der Waals surface area contributed by atoms with E-state index in [1.807, 2.05) is 0 Å². The van der Waals surface area contributed by atoms with Crippen molar-refractivity contribution in [1.82, 2.24) is 4.90 Å². The van der Waals surface area contributed by atoms with Gasteiger partial charge in [0.25, 0.3) is 0 Å². The van der Waals surface area contributed by atoms with Gasteiger partial charge in [0, 0.05) is 6.54 Å². The third-order valence-electron chi connectivity index (χ3n) is 4.67. The second-order valence-electron chi connectivity index (χ2n) is 7.31. The van der Waals surface area contributed by atoms with Crippen molar-refractivity contribution in [3.05, 3.63) is 35.4 Å². The Bertz CT molecular complexity index is 432. The zero-order chi connectivity index (χ0) is 14.8. The third kappa shape index (κ3) is 4.21. The smallest absolute Gasteiger partial charge is 0.107 e. The van der Waals surface area contributed by atoms with Crippen LogP contribution in [0.25, 0.3) is 0 Å². The normalized spacial score (nSPS) is 19.7. The molecule has 1 aromatic rings. The molecule has 1 fully saturated rings. The van der Waals surface area contributed by atoms with Crippen molar-refractivity contribution in [3.8, 4) is 0 Å². The van der Waals surface area contributed by atoms with E-state index in [2.05, 4.69) is 56.9 Å². The summed E-state index contributed by atoms with van der Waals surface area (Å²) in [4.78, 5) is 2.43. The van der Waals surface area contributed by atoms with Gasteiger partial charge in [0.15, 0.2) is 0 Å². The molecule has 1 atom stereocenters. The summed E-state index contributed by atoms with van der Waals surface area (Å²) in [5.41, 5.74) is 1.31. The first-order valence-corrected chi connectivity index (χ1v) is 7.85. The summed E-state index contributed by atoms with van der Waals surface area (Å²) in [6, 6.07) is 8.37. The predicted octanol–water partition coefficient (Wildman–Crippen LogP) is 4.14. The highest BCUT2D eigenvalue weighted by Crippen LogP contribution is 2.40.